The van der Waals surface area contributed by atoms with Crippen molar-refractivity contribution in [1.29, 1.82) is 0 Å². The lowest BCUT2D eigenvalue weighted by molar-refractivity contribution is -0.253. The average molecular weight is 854 g/mol. The van der Waals surface area contributed by atoms with E-state index in [1.807, 2.05) is 12.1 Å². The molecule has 7 atom stereocenters. The van der Waals surface area contributed by atoms with Crippen LogP contribution in [0.4, 0.5) is 9.59 Å². The van der Waals surface area contributed by atoms with E-state index >= 15 is 0 Å². The van der Waals surface area contributed by atoms with Gasteiger partial charge in [-0.2, -0.15) is 0 Å². The van der Waals surface area contributed by atoms with Gasteiger partial charge in [0.05, 0.1) is 32.0 Å². The molecular weight excluding hydrogens is 779 g/mol. The first-order chi connectivity index (χ1) is 29.8. The molecule has 2 amide bonds. The summed E-state index contributed by atoms with van der Waals surface area (Å²) in [5.74, 6) is -1.09. The van der Waals surface area contributed by atoms with Gasteiger partial charge in [-0.1, -0.05) is 94.9 Å². The number of allylic oxidation sites excluding steroid dienone is 1. The third-order valence-electron chi connectivity index (χ3n) is 13.0. The minimum atomic E-state index is -1.40. The number of likely N-dealkylation sites (N-methyl/N-ethyl adjacent to an activating group) is 1. The number of aliphatic hydroxyl groups is 2. The number of benzene rings is 1. The monoisotopic (exact) mass is 854 g/mol. The molecule has 2 aliphatic heterocycles. The lowest BCUT2D eigenvalue weighted by Crippen LogP contribution is -2.69. The van der Waals surface area contributed by atoms with Gasteiger partial charge < -0.3 is 49.0 Å². The van der Waals surface area contributed by atoms with E-state index in [-0.39, 0.29) is 44.0 Å². The van der Waals surface area contributed by atoms with E-state index in [2.05, 4.69) is 24.9 Å². The molecule has 5 rings (SSSR count). The molecule has 13 nitrogen and oxygen atoms in total. The molecule has 1 saturated heterocycles. The van der Waals surface area contributed by atoms with Crippen LogP contribution in [-0.4, -0.2) is 98.3 Å². The molecule has 2 fully saturated rings. The number of methoxy groups -OCH3 is 1. The highest BCUT2D eigenvalue weighted by Gasteiger charge is 2.65. The summed E-state index contributed by atoms with van der Waals surface area (Å²) in [4.78, 5) is 34.3. The van der Waals surface area contributed by atoms with Gasteiger partial charge in [0.25, 0.3) is 0 Å². The Morgan fingerprint density at radius 1 is 0.984 bits per heavy atom. The lowest BCUT2D eigenvalue weighted by atomic mass is 9.55. The third kappa shape index (κ3) is 13.0. The minimum Gasteiger partial charge on any atom is -0.459 e. The van der Waals surface area contributed by atoms with E-state index in [9.17, 15) is 19.8 Å². The van der Waals surface area contributed by atoms with Crippen LogP contribution in [-0.2, 0) is 19.0 Å². The fourth-order valence-electron chi connectivity index (χ4n) is 9.93. The molecule has 61 heavy (non-hydrogen) atoms. The van der Waals surface area contributed by atoms with Crippen LogP contribution < -0.4 is 14.8 Å². The van der Waals surface area contributed by atoms with E-state index in [0.29, 0.717) is 43.2 Å². The van der Waals surface area contributed by atoms with E-state index in [4.69, 9.17) is 33.7 Å². The van der Waals surface area contributed by atoms with Crippen LogP contribution in [0.2, 0.25) is 0 Å². The quantitative estimate of drug-likeness (QED) is 0.0466. The highest BCUT2D eigenvalue weighted by Crippen LogP contribution is 2.61. The summed E-state index contributed by atoms with van der Waals surface area (Å²) >= 11 is 0. The second-order valence-corrected chi connectivity index (χ2v) is 17.3. The second kappa shape index (κ2) is 25.5. The number of oxime groups is 1. The zero-order valence-corrected chi connectivity index (χ0v) is 37.3. The topological polar surface area (TPSA) is 158 Å². The number of aliphatic hydroxyl groups excluding tert-OH is 2. The third-order valence-corrected chi connectivity index (χ3v) is 13.0. The Balaban J connectivity index is 1.49. The number of unbranched alkanes of at least 4 members (excludes halogenated alkanes) is 11. The van der Waals surface area contributed by atoms with Crippen LogP contribution in [0, 0.1) is 17.8 Å². The molecule has 2 heterocycles. The molecular formula is C48H75N3O10. The van der Waals surface area contributed by atoms with Gasteiger partial charge >= 0.3 is 12.2 Å². The van der Waals surface area contributed by atoms with Gasteiger partial charge in [0.15, 0.2) is 0 Å². The molecule has 0 aromatic heterocycles. The van der Waals surface area contributed by atoms with Crippen molar-refractivity contribution < 1.29 is 48.3 Å². The summed E-state index contributed by atoms with van der Waals surface area (Å²) in [6.07, 6.45) is 22.0. The van der Waals surface area contributed by atoms with Crippen LogP contribution in [0.5, 0.6) is 11.5 Å². The molecule has 13 heteroatoms. The normalized spacial score (nSPS) is 26.0. The van der Waals surface area contributed by atoms with Gasteiger partial charge in [-0.05, 0) is 80.6 Å². The molecule has 1 aromatic carbocycles. The van der Waals surface area contributed by atoms with E-state index < -0.39 is 36.2 Å². The molecule has 0 spiro atoms. The molecule has 3 N–H and O–H groups in total. The highest BCUT2D eigenvalue weighted by atomic mass is 16.8. The summed E-state index contributed by atoms with van der Waals surface area (Å²) in [5.41, 5.74) is 2.46. The summed E-state index contributed by atoms with van der Waals surface area (Å²) in [5, 5.41) is 27.5. The smallest absolute Gasteiger partial charge is 0.412 e. The molecule has 7 unspecified atom stereocenters. The number of hydrogen-bond donors (Lipinski definition) is 3. The average Bonchev–Trinajstić information content (AvgIpc) is 3.27. The molecule has 4 aliphatic rings. The van der Waals surface area contributed by atoms with Crippen LogP contribution in [0.1, 0.15) is 147 Å². The van der Waals surface area contributed by atoms with Gasteiger partial charge in [-0.15, -0.1) is 6.58 Å². The SMILES string of the molecule is C=CCOC12Oc3ccc(OC(=O)NCCCCCCCCCCCC)cc3C3C(CCCCO)C(CCCCO)C=C(C(=NOC4CCCCO4)CC1N(C)C(=O)OC)C32. The zero-order chi connectivity index (χ0) is 43.5. The number of nitrogens with one attached hydrogen (secondary N) is 1. The Kier molecular flexibility index (Phi) is 20.2. The Morgan fingerprint density at radius 3 is 2.38 bits per heavy atom. The number of nitrogens with zero attached hydrogens (tertiary/aromatic N) is 2. The van der Waals surface area contributed by atoms with Crippen molar-refractivity contribution in [2.24, 2.45) is 22.9 Å². The summed E-state index contributed by atoms with van der Waals surface area (Å²) in [7, 11) is 3.04. The van der Waals surface area contributed by atoms with E-state index in [0.717, 1.165) is 75.3 Å². The number of carbonyl (C=O) groups is 2. The van der Waals surface area contributed by atoms with Crippen LogP contribution in [0.3, 0.4) is 0 Å². The minimum absolute atomic E-state index is 0.0276. The van der Waals surface area contributed by atoms with Crippen molar-refractivity contribution in [3.05, 3.63) is 48.1 Å². The summed E-state index contributed by atoms with van der Waals surface area (Å²) < 4.78 is 31.2. The van der Waals surface area contributed by atoms with Crippen molar-refractivity contribution in [3.8, 4) is 11.5 Å². The van der Waals surface area contributed by atoms with Crippen LogP contribution in [0.25, 0.3) is 0 Å². The summed E-state index contributed by atoms with van der Waals surface area (Å²) in [6.45, 7) is 7.68. The van der Waals surface area contributed by atoms with Gasteiger partial charge in [0, 0.05) is 51.1 Å². The van der Waals surface area contributed by atoms with Gasteiger partial charge in [0.1, 0.15) is 17.5 Å². The number of fused-ring (bicyclic) bond motifs is 2. The van der Waals surface area contributed by atoms with E-state index in [1.165, 1.54) is 57.0 Å². The van der Waals surface area contributed by atoms with Gasteiger partial charge in [0.2, 0.25) is 12.1 Å². The van der Waals surface area contributed by atoms with Crippen LogP contribution >= 0.6 is 0 Å². The Labute approximate surface area is 364 Å². The fourth-order valence-corrected chi connectivity index (χ4v) is 9.93. The maximum absolute atomic E-state index is 13.5. The fraction of sp³-hybridized carbons (Fsp3) is 0.729. The molecule has 342 valence electrons. The molecule has 2 aliphatic carbocycles. The molecule has 1 aromatic rings. The Morgan fingerprint density at radius 2 is 1.70 bits per heavy atom. The predicted octanol–water partition coefficient (Wildman–Crippen LogP) is 9.55. The number of amides is 2. The van der Waals surface area contributed by atoms with Crippen molar-refractivity contribution in [1.82, 2.24) is 10.2 Å². The molecule has 0 radical (unpaired) electrons. The number of hydrogen-bond acceptors (Lipinski definition) is 11. The van der Waals surface area contributed by atoms with Crippen molar-refractivity contribution in [2.45, 2.75) is 159 Å². The zero-order valence-electron chi connectivity index (χ0n) is 37.3. The highest BCUT2D eigenvalue weighted by molar-refractivity contribution is 6.03. The Bertz CT molecular complexity index is 1580. The Hall–Kier alpha value is -3.65. The first kappa shape index (κ1) is 48.4. The summed E-state index contributed by atoms with van der Waals surface area (Å²) in [6, 6.07) is 4.79. The van der Waals surface area contributed by atoms with Crippen LogP contribution in [0.15, 0.2) is 47.7 Å². The number of ether oxygens (including phenoxy) is 5. The second-order valence-electron chi connectivity index (χ2n) is 17.3. The van der Waals surface area contributed by atoms with Crippen molar-refractivity contribution >= 4 is 17.9 Å². The first-order valence-corrected chi connectivity index (χ1v) is 23.4. The van der Waals surface area contributed by atoms with Gasteiger partial charge in [-0.25, -0.2) is 9.59 Å². The maximum atomic E-state index is 13.5. The molecule has 0 bridgehead atoms. The number of rotatable bonds is 26. The number of carbonyl (C=O) groups excluding carboxylic acids is 2. The van der Waals surface area contributed by atoms with Crippen molar-refractivity contribution in [2.75, 3.05) is 47.1 Å². The standard InChI is InChI=1S/C48H75N3O10/c1-5-7-8-9-10-11-12-13-14-18-27-49-46(54)59-36-25-26-41-39(33-36)44-37(23-16-20-29-53)35(22-15-19-28-52)32-38-40(50-61-43-24-17-21-31-57-43)34-42(51(3)47(55)56-4)48(60-41,45(38)44)58-30-6-2/h6,25-26,32-33,35,37,42-45,52-53H,2,5,7-24,27-31,34H2,1,3-4H3,(H,49,54). The first-order valence-electron chi connectivity index (χ1n) is 23.4. The molecule has 1 saturated carbocycles. The maximum Gasteiger partial charge on any atom is 0.412 e. The van der Waals surface area contributed by atoms with Crippen molar-refractivity contribution in [3.63, 3.8) is 0 Å². The van der Waals surface area contributed by atoms with Gasteiger partial charge in [-0.3, -0.25) is 0 Å². The van der Waals surface area contributed by atoms with E-state index in [1.54, 1.807) is 19.2 Å². The largest absolute Gasteiger partial charge is 0.459 e. The predicted molar refractivity (Wildman–Crippen MR) is 236 cm³/mol. The lowest BCUT2D eigenvalue weighted by Gasteiger charge is -2.59.